The molecule has 6 rings (SSSR count). The third-order valence-electron chi connectivity index (χ3n) is 8.20. The Morgan fingerprint density at radius 3 is 2.59 bits per heavy atom. The highest BCUT2D eigenvalue weighted by molar-refractivity contribution is 5.93. The first-order valence-corrected chi connectivity index (χ1v) is 13.5. The molecule has 0 bridgehead atoms. The molecule has 3 atom stereocenters. The van der Waals surface area contributed by atoms with E-state index in [1.807, 2.05) is 0 Å². The van der Waals surface area contributed by atoms with Gasteiger partial charge in [0.15, 0.2) is 11.6 Å². The van der Waals surface area contributed by atoms with Crippen LogP contribution in [0.1, 0.15) is 53.6 Å². The number of anilines is 1. The van der Waals surface area contributed by atoms with Gasteiger partial charge in [-0.25, -0.2) is 13.6 Å². The molecular formula is C29H29F2N3O7. The van der Waals surface area contributed by atoms with E-state index in [4.69, 9.17) is 4.74 Å². The van der Waals surface area contributed by atoms with Gasteiger partial charge in [-0.1, -0.05) is 6.07 Å². The number of aliphatic hydroxyl groups is 2. The summed E-state index contributed by atoms with van der Waals surface area (Å²) < 4.78 is 37.5. The molecule has 0 radical (unpaired) electrons. The first kappa shape index (κ1) is 27.2. The second-order valence-electron chi connectivity index (χ2n) is 11.2. The predicted octanol–water partition coefficient (Wildman–Crippen LogP) is 2.30. The molecule has 1 aromatic heterocycles. The fraction of sp³-hybridized carbons (Fsp3) is 0.414. The number of rotatable bonds is 8. The zero-order valence-corrected chi connectivity index (χ0v) is 22.0. The van der Waals surface area contributed by atoms with E-state index in [1.165, 1.54) is 24.4 Å². The average Bonchev–Trinajstić information content (AvgIpc) is 3.60. The third kappa shape index (κ3) is 5.02. The van der Waals surface area contributed by atoms with E-state index < -0.39 is 40.1 Å². The summed E-state index contributed by atoms with van der Waals surface area (Å²) in [5.74, 6) is -3.74. The molecule has 216 valence electrons. The van der Waals surface area contributed by atoms with Crippen molar-refractivity contribution < 1.29 is 38.4 Å². The van der Waals surface area contributed by atoms with Crippen molar-refractivity contribution in [2.24, 2.45) is 0 Å². The number of hydrogen-bond acceptors (Lipinski definition) is 7. The van der Waals surface area contributed by atoms with Crippen LogP contribution in [-0.2, 0) is 4.79 Å². The van der Waals surface area contributed by atoms with Gasteiger partial charge in [0, 0.05) is 24.2 Å². The molecule has 3 heterocycles. The number of aliphatic hydroxyl groups excluding tert-OH is 1. The summed E-state index contributed by atoms with van der Waals surface area (Å²) >= 11 is 0. The molecule has 12 heteroatoms. The Morgan fingerprint density at radius 2 is 1.93 bits per heavy atom. The highest BCUT2D eigenvalue weighted by Crippen LogP contribution is 2.39. The highest BCUT2D eigenvalue weighted by Gasteiger charge is 2.39. The number of aromatic nitrogens is 1. The number of nitrogens with one attached hydrogen (secondary N) is 1. The maximum atomic E-state index is 15.3. The minimum atomic E-state index is -1.42. The molecule has 0 spiro atoms. The number of β-amino-alcohol motifs (C(OH)–C–C–N with tert-alkyl or cyclic N) is 1. The van der Waals surface area contributed by atoms with Crippen LogP contribution in [0.15, 0.2) is 41.3 Å². The number of hydrogen-bond donors (Lipinski definition) is 4. The molecule has 2 aromatic carbocycles. The van der Waals surface area contributed by atoms with E-state index in [9.17, 15) is 34.1 Å². The Bertz CT molecular complexity index is 1620. The summed E-state index contributed by atoms with van der Waals surface area (Å²) in [5.41, 5.74) is -1.54. The van der Waals surface area contributed by atoms with E-state index in [-0.39, 0.29) is 67.5 Å². The van der Waals surface area contributed by atoms with Crippen LogP contribution < -0.4 is 20.4 Å². The highest BCUT2D eigenvalue weighted by atomic mass is 19.1. The van der Waals surface area contributed by atoms with Crippen molar-refractivity contribution in [3.05, 3.63) is 69.5 Å². The van der Waals surface area contributed by atoms with Crippen LogP contribution in [0.3, 0.4) is 0 Å². The molecule has 1 amide bonds. The Kier molecular flexibility index (Phi) is 6.69. The molecule has 3 aromatic rings. The van der Waals surface area contributed by atoms with Crippen molar-refractivity contribution >= 4 is 28.5 Å². The minimum absolute atomic E-state index is 0.0131. The van der Waals surface area contributed by atoms with Crippen molar-refractivity contribution in [1.82, 2.24) is 9.88 Å². The minimum Gasteiger partial charge on any atom is -0.487 e. The van der Waals surface area contributed by atoms with E-state index in [2.05, 4.69) is 5.32 Å². The lowest BCUT2D eigenvalue weighted by molar-refractivity contribution is -0.120. The number of carboxylic acids is 1. The zero-order valence-electron chi connectivity index (χ0n) is 22.0. The summed E-state index contributed by atoms with van der Waals surface area (Å²) in [7, 11) is 0. The maximum absolute atomic E-state index is 15.3. The number of halogens is 2. The van der Waals surface area contributed by atoms with Gasteiger partial charge in [0.1, 0.15) is 23.6 Å². The average molecular weight is 570 g/mol. The molecule has 41 heavy (non-hydrogen) atoms. The van der Waals surface area contributed by atoms with Gasteiger partial charge < -0.3 is 34.8 Å². The quantitative estimate of drug-likeness (QED) is 0.324. The smallest absolute Gasteiger partial charge is 0.341 e. The number of carboxylic acid groups (broad SMARTS) is 1. The normalized spacial score (nSPS) is 24.2. The van der Waals surface area contributed by atoms with Gasteiger partial charge in [0.2, 0.25) is 11.3 Å². The standard InChI is InChI=1S/C29H29F2N3O7/c30-21-9-19-23(34(17-2-3-17)11-20(26(19)36)28(38)39)10-24(21)33-6-5-29(40,13-33)14-41-25-4-1-15(7-22(25)31)18-8-16(12-35)32-27(18)37/h1,4,7,9-11,16-18,35,40H,2-3,5-6,8,12-14H2,(H,32,37)(H,38,39)/t16?,18-,29?/m1/s1. The van der Waals surface area contributed by atoms with Crippen molar-refractivity contribution in [1.29, 1.82) is 0 Å². The van der Waals surface area contributed by atoms with Crippen LogP contribution in [0.5, 0.6) is 5.75 Å². The topological polar surface area (TPSA) is 141 Å². The molecule has 3 fully saturated rings. The third-order valence-corrected chi connectivity index (χ3v) is 8.20. The van der Waals surface area contributed by atoms with Crippen LogP contribution in [0.4, 0.5) is 14.5 Å². The number of benzene rings is 2. The number of pyridine rings is 1. The Hall–Kier alpha value is -4.03. The Balaban J connectivity index is 1.19. The van der Waals surface area contributed by atoms with E-state index in [0.29, 0.717) is 17.5 Å². The lowest BCUT2D eigenvalue weighted by atomic mass is 9.95. The fourth-order valence-corrected chi connectivity index (χ4v) is 5.81. The fourth-order valence-electron chi connectivity index (χ4n) is 5.81. The molecule has 2 unspecified atom stereocenters. The van der Waals surface area contributed by atoms with Crippen molar-refractivity contribution in [2.45, 2.75) is 49.3 Å². The van der Waals surface area contributed by atoms with Crippen molar-refractivity contribution in [2.75, 3.05) is 31.2 Å². The van der Waals surface area contributed by atoms with Gasteiger partial charge in [-0.2, -0.15) is 0 Å². The number of aromatic carboxylic acids is 1. The van der Waals surface area contributed by atoms with Crippen LogP contribution in [0.2, 0.25) is 0 Å². The monoisotopic (exact) mass is 569 g/mol. The number of fused-ring (bicyclic) bond motifs is 1. The molecule has 1 saturated carbocycles. The number of ether oxygens (including phenoxy) is 1. The molecule has 3 aliphatic rings. The molecule has 1 aliphatic carbocycles. The summed E-state index contributed by atoms with van der Waals surface area (Å²) in [6.45, 7) is -0.203. The van der Waals surface area contributed by atoms with Crippen molar-refractivity contribution in [3.63, 3.8) is 0 Å². The summed E-state index contributed by atoms with van der Waals surface area (Å²) in [6, 6.07) is 6.40. The van der Waals surface area contributed by atoms with Crippen LogP contribution in [0, 0.1) is 11.6 Å². The lowest BCUT2D eigenvalue weighted by Crippen LogP contribution is -2.39. The lowest BCUT2D eigenvalue weighted by Gasteiger charge is -2.25. The maximum Gasteiger partial charge on any atom is 0.341 e. The SMILES string of the molecule is O=C(O)c1cn(C2CC2)c2cc(N3CCC(O)(COc4ccc([C@H]5CC(CO)NC5=O)cc4F)C3)c(F)cc2c1=O. The number of amides is 1. The van der Waals surface area contributed by atoms with Gasteiger partial charge >= 0.3 is 5.97 Å². The second kappa shape index (κ2) is 10.1. The zero-order chi connectivity index (χ0) is 29.1. The summed E-state index contributed by atoms with van der Waals surface area (Å²) in [4.78, 5) is 38.1. The van der Waals surface area contributed by atoms with Gasteiger partial charge in [-0.3, -0.25) is 9.59 Å². The number of nitrogens with zero attached hydrogens (tertiary/aromatic N) is 2. The summed E-state index contributed by atoms with van der Waals surface area (Å²) in [6.07, 6.45) is 3.51. The van der Waals surface area contributed by atoms with E-state index in [1.54, 1.807) is 15.5 Å². The Labute approximate surface area is 232 Å². The molecule has 4 N–H and O–H groups in total. The summed E-state index contributed by atoms with van der Waals surface area (Å²) in [5, 5.41) is 32.6. The molecule has 10 nitrogen and oxygen atoms in total. The van der Waals surface area contributed by atoms with Crippen LogP contribution in [0.25, 0.3) is 10.9 Å². The largest absolute Gasteiger partial charge is 0.487 e. The van der Waals surface area contributed by atoms with E-state index >= 15 is 4.39 Å². The van der Waals surface area contributed by atoms with Gasteiger partial charge in [0.05, 0.1) is 36.3 Å². The Morgan fingerprint density at radius 1 is 1.15 bits per heavy atom. The van der Waals surface area contributed by atoms with Crippen molar-refractivity contribution in [3.8, 4) is 5.75 Å². The first-order valence-electron chi connectivity index (χ1n) is 13.5. The van der Waals surface area contributed by atoms with Crippen LogP contribution >= 0.6 is 0 Å². The van der Waals surface area contributed by atoms with Gasteiger partial charge in [0.25, 0.3) is 0 Å². The number of carbonyl (C=O) groups is 2. The predicted molar refractivity (Wildman–Crippen MR) is 143 cm³/mol. The van der Waals surface area contributed by atoms with Gasteiger partial charge in [-0.05, 0) is 55.5 Å². The van der Waals surface area contributed by atoms with E-state index in [0.717, 1.165) is 18.9 Å². The van der Waals surface area contributed by atoms with Crippen LogP contribution in [-0.4, -0.2) is 69.7 Å². The second-order valence-corrected chi connectivity index (χ2v) is 11.2. The first-order chi connectivity index (χ1) is 19.6. The number of carbonyl (C=O) groups excluding carboxylic acids is 1. The molecule has 2 saturated heterocycles. The molecule has 2 aliphatic heterocycles. The molecular weight excluding hydrogens is 540 g/mol. The van der Waals surface area contributed by atoms with Gasteiger partial charge in [-0.15, -0.1) is 0 Å².